The third-order valence-electron chi connectivity index (χ3n) is 5.92. The number of halogens is 5. The number of Topliss-reactive ketones (excluding diaryl/α,β-unsaturated/α-hetero) is 1. The third kappa shape index (κ3) is 5.75. The molecule has 1 aliphatic heterocycles. The normalized spacial score (nSPS) is 20.6. The lowest BCUT2D eigenvalue weighted by atomic mass is 10.0. The summed E-state index contributed by atoms with van der Waals surface area (Å²) in [5.74, 6) is -8.61. The molecule has 1 heterocycles. The van der Waals surface area contributed by atoms with E-state index in [1.54, 1.807) is 24.3 Å². The molecule has 36 heavy (non-hydrogen) atoms. The van der Waals surface area contributed by atoms with Gasteiger partial charge in [-0.1, -0.05) is 12.1 Å². The predicted molar refractivity (Wildman–Crippen MR) is 118 cm³/mol. The van der Waals surface area contributed by atoms with Crippen LogP contribution < -0.4 is 20.9 Å². The molecule has 3 amide bonds. The van der Waals surface area contributed by atoms with Crippen LogP contribution in [0.2, 0.25) is 0 Å². The van der Waals surface area contributed by atoms with E-state index in [1.165, 1.54) is 10.2 Å². The fraction of sp³-hybridized carbons (Fsp3) is 0.478. The molecule has 3 atom stereocenters. The van der Waals surface area contributed by atoms with Gasteiger partial charge in [0.1, 0.15) is 12.0 Å². The summed E-state index contributed by atoms with van der Waals surface area (Å²) < 4.78 is 63.3. The Hall–Kier alpha value is -3.69. The number of terminal acetylenes is 1. The first-order chi connectivity index (χ1) is 16.8. The lowest BCUT2D eigenvalue weighted by Crippen LogP contribution is -2.57. The third-order valence-corrected chi connectivity index (χ3v) is 5.92. The zero-order valence-electron chi connectivity index (χ0n) is 19.0. The number of alkyl halides is 5. The fourth-order valence-electron chi connectivity index (χ4n) is 3.60. The summed E-state index contributed by atoms with van der Waals surface area (Å²) in [4.78, 5) is 51.8. The molecule has 0 aromatic heterocycles. The minimum absolute atomic E-state index is 0.205. The molecule has 3 N–H and O–H groups in total. The van der Waals surface area contributed by atoms with Gasteiger partial charge < -0.3 is 20.9 Å². The number of nitrogens with one attached hydrogen (secondary N) is 3. The molecule has 0 bridgehead atoms. The van der Waals surface area contributed by atoms with Crippen molar-refractivity contribution in [3.05, 3.63) is 24.3 Å². The van der Waals surface area contributed by atoms with Gasteiger partial charge in [-0.15, -0.1) is 6.42 Å². The zero-order chi connectivity index (χ0) is 26.8. The molecule has 0 radical (unpaired) electrons. The number of hydrogen-bond donors (Lipinski definition) is 3. The average Bonchev–Trinajstić information content (AvgIpc) is 3.68. The van der Waals surface area contributed by atoms with E-state index in [0.717, 1.165) is 6.92 Å². The van der Waals surface area contributed by atoms with Gasteiger partial charge in [-0.2, -0.15) is 22.0 Å². The van der Waals surface area contributed by atoms with Crippen molar-refractivity contribution in [1.29, 1.82) is 0 Å². The molecule has 0 saturated heterocycles. The number of carbonyl (C=O) groups is 4. The van der Waals surface area contributed by atoms with Crippen molar-refractivity contribution < 1.29 is 41.1 Å². The summed E-state index contributed by atoms with van der Waals surface area (Å²) in [7, 11) is 0. The average molecular weight is 514 g/mol. The molecule has 3 rings (SSSR count). The number of fused-ring (bicyclic) bond motifs is 1. The number of carbonyl (C=O) groups excluding carboxylic acids is 4. The number of para-hydroxylation sites is 2. The highest BCUT2D eigenvalue weighted by Crippen LogP contribution is 2.37. The van der Waals surface area contributed by atoms with Crippen LogP contribution in [0.3, 0.4) is 0 Å². The summed E-state index contributed by atoms with van der Waals surface area (Å²) in [6.45, 7) is -1.25. The molecule has 2 unspecified atom stereocenters. The molecule has 13 heteroatoms. The Balaban J connectivity index is 1.80. The van der Waals surface area contributed by atoms with Gasteiger partial charge in [-0.3, -0.25) is 19.2 Å². The van der Waals surface area contributed by atoms with Gasteiger partial charge in [0, 0.05) is 12.5 Å². The number of anilines is 2. The van der Waals surface area contributed by atoms with E-state index in [0.29, 0.717) is 24.2 Å². The summed E-state index contributed by atoms with van der Waals surface area (Å²) in [5.41, 5.74) is 0.846. The first-order valence-corrected chi connectivity index (χ1v) is 11.0. The number of amides is 3. The molecular formula is C23H23F5N4O4. The van der Waals surface area contributed by atoms with E-state index in [2.05, 4.69) is 10.6 Å². The van der Waals surface area contributed by atoms with Crippen LogP contribution in [0.5, 0.6) is 0 Å². The molecule has 194 valence electrons. The fourth-order valence-corrected chi connectivity index (χ4v) is 3.60. The molecule has 8 nitrogen and oxygen atoms in total. The van der Waals surface area contributed by atoms with Gasteiger partial charge in [-0.05, 0) is 37.8 Å². The Morgan fingerprint density at radius 1 is 1.14 bits per heavy atom. The topological polar surface area (TPSA) is 108 Å². The first kappa shape index (κ1) is 26.9. The molecule has 0 spiro atoms. The van der Waals surface area contributed by atoms with E-state index in [-0.39, 0.29) is 18.4 Å². The number of benzene rings is 1. The van der Waals surface area contributed by atoms with Gasteiger partial charge in [0.05, 0.1) is 24.0 Å². The van der Waals surface area contributed by atoms with E-state index in [4.69, 9.17) is 6.42 Å². The second kappa shape index (κ2) is 10.1. The minimum atomic E-state index is -5.88. The monoisotopic (exact) mass is 514 g/mol. The van der Waals surface area contributed by atoms with E-state index < -0.39 is 54.2 Å². The van der Waals surface area contributed by atoms with Crippen molar-refractivity contribution in [3.63, 3.8) is 0 Å². The van der Waals surface area contributed by atoms with Crippen LogP contribution in [0.15, 0.2) is 24.3 Å². The lowest BCUT2D eigenvalue weighted by Gasteiger charge is -2.29. The predicted octanol–water partition coefficient (Wildman–Crippen LogP) is 1.86. The van der Waals surface area contributed by atoms with Crippen LogP contribution in [-0.2, 0) is 19.2 Å². The summed E-state index contributed by atoms with van der Waals surface area (Å²) >= 11 is 0. The van der Waals surface area contributed by atoms with Crippen molar-refractivity contribution in [1.82, 2.24) is 10.6 Å². The van der Waals surface area contributed by atoms with Gasteiger partial charge in [0.2, 0.25) is 23.5 Å². The zero-order valence-corrected chi connectivity index (χ0v) is 19.0. The highest BCUT2D eigenvalue weighted by Gasteiger charge is 2.57. The number of rotatable bonds is 7. The number of ketones is 1. The molecular weight excluding hydrogens is 491 g/mol. The molecule has 1 aromatic rings. The Bertz CT molecular complexity index is 1100. The van der Waals surface area contributed by atoms with Gasteiger partial charge in [0.15, 0.2) is 0 Å². The van der Waals surface area contributed by atoms with Crippen molar-refractivity contribution in [2.45, 2.75) is 43.9 Å². The van der Waals surface area contributed by atoms with E-state index >= 15 is 0 Å². The van der Waals surface area contributed by atoms with Crippen LogP contribution in [0.4, 0.5) is 33.3 Å². The van der Waals surface area contributed by atoms with Crippen molar-refractivity contribution in [3.8, 4) is 12.3 Å². The molecule has 1 aliphatic carbocycles. The Morgan fingerprint density at radius 2 is 1.78 bits per heavy atom. The van der Waals surface area contributed by atoms with Gasteiger partial charge >= 0.3 is 12.1 Å². The van der Waals surface area contributed by atoms with Crippen LogP contribution in [0, 0.1) is 24.2 Å². The Labute approximate surface area is 203 Å². The summed E-state index contributed by atoms with van der Waals surface area (Å²) in [5, 5.41) is 6.76. The molecule has 1 saturated carbocycles. The van der Waals surface area contributed by atoms with Crippen molar-refractivity contribution in [2.24, 2.45) is 11.8 Å². The molecule has 1 fully saturated rings. The lowest BCUT2D eigenvalue weighted by molar-refractivity contribution is -0.278. The van der Waals surface area contributed by atoms with Crippen LogP contribution in [0.25, 0.3) is 0 Å². The summed E-state index contributed by atoms with van der Waals surface area (Å²) in [6, 6.07) is 4.21. The van der Waals surface area contributed by atoms with Crippen molar-refractivity contribution in [2.75, 3.05) is 23.3 Å². The van der Waals surface area contributed by atoms with Crippen molar-refractivity contribution >= 4 is 34.9 Å². The van der Waals surface area contributed by atoms with Gasteiger partial charge in [-0.25, -0.2) is 0 Å². The maximum atomic E-state index is 13.1. The second-order valence-electron chi connectivity index (χ2n) is 8.63. The molecule has 2 aliphatic rings. The maximum Gasteiger partial charge on any atom is 0.455 e. The SMILES string of the molecule is C#CC(=O)C1Nc2ccccc2N(C(=O)C2CC2)C[C@@H]1NC(=O)C(C)C(=O)NCC(F)(F)C(F)(F)F. The largest absolute Gasteiger partial charge is 0.455 e. The number of hydrogen-bond acceptors (Lipinski definition) is 5. The minimum Gasteiger partial charge on any atom is -0.371 e. The first-order valence-electron chi connectivity index (χ1n) is 11.0. The smallest absolute Gasteiger partial charge is 0.371 e. The van der Waals surface area contributed by atoms with E-state index in [9.17, 15) is 41.1 Å². The molecule has 1 aromatic carbocycles. The quantitative estimate of drug-likeness (QED) is 0.223. The van der Waals surface area contributed by atoms with Crippen LogP contribution in [-0.4, -0.2) is 60.8 Å². The number of nitrogens with zero attached hydrogens (tertiary/aromatic N) is 1. The highest BCUT2D eigenvalue weighted by molar-refractivity contribution is 6.06. The van der Waals surface area contributed by atoms with E-state index in [1.807, 2.05) is 5.92 Å². The second-order valence-corrected chi connectivity index (χ2v) is 8.63. The van der Waals surface area contributed by atoms with Crippen LogP contribution >= 0.6 is 0 Å². The summed E-state index contributed by atoms with van der Waals surface area (Å²) in [6.07, 6.45) is 0.751. The van der Waals surface area contributed by atoms with Gasteiger partial charge in [0.25, 0.3) is 0 Å². The highest BCUT2D eigenvalue weighted by atomic mass is 19.4. The Kier molecular flexibility index (Phi) is 7.56. The maximum absolute atomic E-state index is 13.1. The Morgan fingerprint density at radius 3 is 2.36 bits per heavy atom. The van der Waals surface area contributed by atoms with Crippen LogP contribution in [0.1, 0.15) is 19.8 Å². The standard InChI is InChI=1S/C23H23F5N4O4/c1-3-17(33)18-15(31-20(35)12(2)19(34)29-11-22(24,25)23(26,27)28)10-32(21(36)13-8-9-13)16-7-5-4-6-14(16)30-18/h1,4-7,12-13,15,18,30H,8-11H2,2H3,(H,29,34)(H,31,35)/t12?,15-,18?/m0/s1.